The van der Waals surface area contributed by atoms with E-state index in [4.69, 9.17) is 9.47 Å². The Kier molecular flexibility index (Phi) is 8.14. The Balaban J connectivity index is 1.62. The number of rotatable bonds is 7. The second-order valence-corrected chi connectivity index (χ2v) is 7.79. The fraction of sp³-hybridized carbons (Fsp3) is 0.417. The lowest BCUT2D eigenvalue weighted by molar-refractivity contribution is -0.150. The van der Waals surface area contributed by atoms with Crippen LogP contribution in [0.25, 0.3) is 0 Å². The average molecular weight is 449 g/mol. The maximum Gasteiger partial charge on any atom is 0.410 e. The van der Waals surface area contributed by atoms with Crippen molar-refractivity contribution >= 4 is 12.1 Å². The van der Waals surface area contributed by atoms with E-state index in [2.05, 4.69) is 0 Å². The van der Waals surface area contributed by atoms with Gasteiger partial charge >= 0.3 is 12.1 Å². The SMILES string of the molecule is CCOC(=O)C(Cc1cc(F)c(F)cc1F)C1CCN(C(=O)OCc2ccccc2)CC1. The molecule has 0 radical (unpaired) electrons. The first-order chi connectivity index (χ1) is 15.4. The smallest absolute Gasteiger partial charge is 0.410 e. The molecule has 5 nitrogen and oxygen atoms in total. The number of halogens is 3. The first-order valence-corrected chi connectivity index (χ1v) is 10.6. The van der Waals surface area contributed by atoms with E-state index in [1.54, 1.807) is 11.8 Å². The largest absolute Gasteiger partial charge is 0.466 e. The molecule has 1 amide bonds. The van der Waals surface area contributed by atoms with Gasteiger partial charge in [-0.05, 0) is 49.3 Å². The van der Waals surface area contributed by atoms with Crippen molar-refractivity contribution in [1.29, 1.82) is 0 Å². The molecule has 0 N–H and O–H groups in total. The summed E-state index contributed by atoms with van der Waals surface area (Å²) in [6.45, 7) is 2.72. The normalized spacial score (nSPS) is 15.3. The van der Waals surface area contributed by atoms with Crippen molar-refractivity contribution in [3.63, 3.8) is 0 Å². The Morgan fingerprint density at radius 2 is 1.66 bits per heavy atom. The summed E-state index contributed by atoms with van der Waals surface area (Å²) in [5.41, 5.74) is 0.804. The lowest BCUT2D eigenvalue weighted by Crippen LogP contribution is -2.42. The molecule has 0 aliphatic carbocycles. The Morgan fingerprint density at radius 1 is 1.00 bits per heavy atom. The van der Waals surface area contributed by atoms with Crippen LogP contribution in [0.15, 0.2) is 42.5 Å². The topological polar surface area (TPSA) is 55.8 Å². The van der Waals surface area contributed by atoms with Gasteiger partial charge in [-0.15, -0.1) is 0 Å². The minimum atomic E-state index is -1.28. The van der Waals surface area contributed by atoms with Crippen molar-refractivity contribution in [2.24, 2.45) is 11.8 Å². The molecule has 1 heterocycles. The van der Waals surface area contributed by atoms with E-state index in [-0.39, 0.29) is 31.1 Å². The highest BCUT2D eigenvalue weighted by molar-refractivity contribution is 5.73. The van der Waals surface area contributed by atoms with Crippen LogP contribution in [0.5, 0.6) is 0 Å². The van der Waals surface area contributed by atoms with Crippen LogP contribution >= 0.6 is 0 Å². The van der Waals surface area contributed by atoms with E-state index in [0.29, 0.717) is 32.0 Å². The van der Waals surface area contributed by atoms with Gasteiger partial charge in [0.05, 0.1) is 12.5 Å². The van der Waals surface area contributed by atoms with Gasteiger partial charge in [0.1, 0.15) is 12.4 Å². The van der Waals surface area contributed by atoms with E-state index in [9.17, 15) is 22.8 Å². The highest BCUT2D eigenvalue weighted by Crippen LogP contribution is 2.30. The molecular formula is C24H26F3NO4. The number of nitrogens with zero attached hydrogens (tertiary/aromatic N) is 1. The summed E-state index contributed by atoms with van der Waals surface area (Å²) in [6, 6.07) is 10.6. The van der Waals surface area contributed by atoms with Gasteiger partial charge in [-0.25, -0.2) is 18.0 Å². The van der Waals surface area contributed by atoms with Crippen LogP contribution in [0.2, 0.25) is 0 Å². The molecule has 8 heteroatoms. The van der Waals surface area contributed by atoms with Crippen molar-refractivity contribution in [2.45, 2.75) is 32.8 Å². The number of piperidine rings is 1. The molecule has 3 rings (SSSR count). The average Bonchev–Trinajstić information content (AvgIpc) is 2.80. The fourth-order valence-electron chi connectivity index (χ4n) is 3.94. The zero-order valence-corrected chi connectivity index (χ0v) is 17.9. The second-order valence-electron chi connectivity index (χ2n) is 7.79. The minimum absolute atomic E-state index is 0.0772. The maximum absolute atomic E-state index is 14.2. The molecule has 1 aliphatic rings. The zero-order chi connectivity index (χ0) is 23.1. The number of hydrogen-bond donors (Lipinski definition) is 0. The fourth-order valence-corrected chi connectivity index (χ4v) is 3.94. The van der Waals surface area contributed by atoms with Gasteiger partial charge in [-0.1, -0.05) is 30.3 Å². The summed E-state index contributed by atoms with van der Waals surface area (Å²) in [4.78, 5) is 26.5. The quantitative estimate of drug-likeness (QED) is 0.447. The van der Waals surface area contributed by atoms with Gasteiger partial charge in [0, 0.05) is 19.2 Å². The first-order valence-electron chi connectivity index (χ1n) is 10.6. The number of benzene rings is 2. The number of hydrogen-bond acceptors (Lipinski definition) is 4. The number of esters is 1. The zero-order valence-electron chi connectivity index (χ0n) is 17.9. The number of amides is 1. The minimum Gasteiger partial charge on any atom is -0.466 e. The van der Waals surface area contributed by atoms with Crippen LogP contribution in [0.4, 0.5) is 18.0 Å². The summed E-state index contributed by atoms with van der Waals surface area (Å²) in [5.74, 6) is -4.78. The van der Waals surface area contributed by atoms with Crippen LogP contribution < -0.4 is 0 Å². The lowest BCUT2D eigenvalue weighted by Gasteiger charge is -2.34. The molecule has 0 aromatic heterocycles. The van der Waals surface area contributed by atoms with E-state index < -0.39 is 35.4 Å². The van der Waals surface area contributed by atoms with Crippen molar-refractivity contribution in [2.75, 3.05) is 19.7 Å². The van der Waals surface area contributed by atoms with E-state index in [0.717, 1.165) is 11.6 Å². The van der Waals surface area contributed by atoms with Gasteiger partial charge < -0.3 is 14.4 Å². The van der Waals surface area contributed by atoms with Crippen molar-refractivity contribution in [3.8, 4) is 0 Å². The molecule has 1 fully saturated rings. The molecule has 0 saturated carbocycles. The third-order valence-corrected chi connectivity index (χ3v) is 5.69. The summed E-state index contributed by atoms with van der Waals surface area (Å²) < 4.78 is 51.6. The summed E-state index contributed by atoms with van der Waals surface area (Å²) in [5, 5.41) is 0. The Hall–Kier alpha value is -3.03. The molecule has 1 atom stereocenters. The standard InChI is InChI=1S/C24H26F3NO4/c1-2-31-23(29)19(12-18-13-21(26)22(27)14-20(18)25)17-8-10-28(11-9-17)24(30)32-15-16-6-4-3-5-7-16/h3-7,13-14,17,19H,2,8-12,15H2,1H3. The molecule has 32 heavy (non-hydrogen) atoms. The summed E-state index contributed by atoms with van der Waals surface area (Å²) in [7, 11) is 0. The molecule has 1 unspecified atom stereocenters. The summed E-state index contributed by atoms with van der Waals surface area (Å²) >= 11 is 0. The summed E-state index contributed by atoms with van der Waals surface area (Å²) in [6.07, 6.45) is 0.418. The van der Waals surface area contributed by atoms with Crippen LogP contribution in [0.1, 0.15) is 30.9 Å². The highest BCUT2D eigenvalue weighted by atomic mass is 19.2. The highest BCUT2D eigenvalue weighted by Gasteiger charge is 2.35. The molecule has 0 spiro atoms. The number of likely N-dealkylation sites (tertiary alicyclic amines) is 1. The molecule has 2 aromatic carbocycles. The Morgan fingerprint density at radius 3 is 2.31 bits per heavy atom. The molecule has 0 bridgehead atoms. The third-order valence-electron chi connectivity index (χ3n) is 5.69. The van der Waals surface area contributed by atoms with Crippen LogP contribution in [-0.2, 0) is 27.3 Å². The molecule has 2 aromatic rings. The monoisotopic (exact) mass is 449 g/mol. The van der Waals surface area contributed by atoms with Crippen molar-refractivity contribution in [1.82, 2.24) is 4.90 Å². The third kappa shape index (κ3) is 6.02. The number of carbonyl (C=O) groups excluding carboxylic acids is 2. The van der Waals surface area contributed by atoms with E-state index >= 15 is 0 Å². The van der Waals surface area contributed by atoms with Crippen LogP contribution in [-0.4, -0.2) is 36.7 Å². The van der Waals surface area contributed by atoms with Crippen molar-refractivity contribution < 1.29 is 32.2 Å². The molecule has 172 valence electrons. The van der Waals surface area contributed by atoms with E-state index in [1.165, 1.54) is 0 Å². The Bertz CT molecular complexity index is 930. The maximum atomic E-state index is 14.2. The predicted molar refractivity (Wildman–Crippen MR) is 111 cm³/mol. The van der Waals surface area contributed by atoms with Gasteiger partial charge in [-0.3, -0.25) is 4.79 Å². The van der Waals surface area contributed by atoms with Gasteiger partial charge in [0.2, 0.25) is 0 Å². The predicted octanol–water partition coefficient (Wildman–Crippen LogP) is 4.87. The molecule has 1 aliphatic heterocycles. The Labute approximate surface area is 185 Å². The number of carbonyl (C=O) groups is 2. The number of ether oxygens (including phenoxy) is 2. The first kappa shape index (κ1) is 23.6. The van der Waals surface area contributed by atoms with Gasteiger partial charge in [-0.2, -0.15) is 0 Å². The van der Waals surface area contributed by atoms with E-state index in [1.807, 2.05) is 30.3 Å². The van der Waals surface area contributed by atoms with Crippen LogP contribution in [0, 0.1) is 29.3 Å². The molecule has 1 saturated heterocycles. The second kappa shape index (κ2) is 11.0. The van der Waals surface area contributed by atoms with Crippen LogP contribution in [0.3, 0.4) is 0 Å². The van der Waals surface area contributed by atoms with Gasteiger partial charge in [0.15, 0.2) is 11.6 Å². The molecular weight excluding hydrogens is 423 g/mol. The lowest BCUT2D eigenvalue weighted by atomic mass is 9.80. The van der Waals surface area contributed by atoms with Crippen molar-refractivity contribution in [3.05, 3.63) is 71.0 Å². The van der Waals surface area contributed by atoms with Gasteiger partial charge in [0.25, 0.3) is 0 Å².